The minimum Gasteiger partial charge on any atom is -0.0795 e. The number of benzene rings is 1. The van der Waals surface area contributed by atoms with Gasteiger partial charge in [-0.15, -0.1) is 0 Å². The molecule has 0 aromatic heterocycles. The van der Waals surface area contributed by atoms with Gasteiger partial charge in [0, 0.05) is 0 Å². The van der Waals surface area contributed by atoms with Gasteiger partial charge in [-0.05, 0) is 28.7 Å². The third kappa shape index (κ3) is 1.39. The summed E-state index contributed by atoms with van der Waals surface area (Å²) >= 11 is 0. The molecule has 3 rings (SSSR count). The highest BCUT2D eigenvalue weighted by Crippen LogP contribution is 2.33. The van der Waals surface area contributed by atoms with Gasteiger partial charge in [-0.1, -0.05) is 60.7 Å². The Balaban J connectivity index is 2.34. The molecule has 0 amide bonds. The van der Waals surface area contributed by atoms with Crippen LogP contribution in [0.2, 0.25) is 0 Å². The summed E-state index contributed by atoms with van der Waals surface area (Å²) in [5, 5.41) is 0. The Morgan fingerprint density at radius 3 is 2.67 bits per heavy atom. The molecule has 0 radical (unpaired) electrons. The van der Waals surface area contributed by atoms with Crippen LogP contribution >= 0.6 is 0 Å². The van der Waals surface area contributed by atoms with Crippen molar-refractivity contribution in [1.82, 2.24) is 0 Å². The van der Waals surface area contributed by atoms with Crippen LogP contribution in [-0.2, 0) is 0 Å². The lowest BCUT2D eigenvalue weighted by Crippen LogP contribution is -1.97. The van der Waals surface area contributed by atoms with Crippen molar-refractivity contribution in [2.24, 2.45) is 0 Å². The lowest BCUT2D eigenvalue weighted by Gasteiger charge is -2.17. The summed E-state index contributed by atoms with van der Waals surface area (Å²) in [5.41, 5.74) is 5.49. The van der Waals surface area contributed by atoms with Crippen molar-refractivity contribution >= 4 is 17.7 Å². The Kier molecular flexibility index (Phi) is 1.92. The van der Waals surface area contributed by atoms with Gasteiger partial charge in [-0.3, -0.25) is 0 Å². The second-order valence-corrected chi connectivity index (χ2v) is 3.85. The fourth-order valence-corrected chi connectivity index (χ4v) is 2.20. The molecule has 1 aromatic rings. The Labute approximate surface area is 89.9 Å². The summed E-state index contributed by atoms with van der Waals surface area (Å²) in [7, 11) is 0. The van der Waals surface area contributed by atoms with Gasteiger partial charge in [0.05, 0.1) is 0 Å². The third-order valence-corrected chi connectivity index (χ3v) is 2.88. The molecule has 0 aliphatic heterocycles. The Hall–Kier alpha value is -1.82. The minimum absolute atomic E-state index is 1.04. The van der Waals surface area contributed by atoms with Crippen LogP contribution in [0.15, 0.2) is 48.6 Å². The summed E-state index contributed by atoms with van der Waals surface area (Å²) < 4.78 is 0. The van der Waals surface area contributed by atoms with Crippen LogP contribution in [0.25, 0.3) is 17.7 Å². The van der Waals surface area contributed by atoms with Gasteiger partial charge in [0.2, 0.25) is 0 Å². The van der Waals surface area contributed by atoms with E-state index in [-0.39, 0.29) is 0 Å². The van der Waals surface area contributed by atoms with E-state index in [4.69, 9.17) is 0 Å². The third-order valence-electron chi connectivity index (χ3n) is 2.88. The number of hydrogen-bond donors (Lipinski definition) is 0. The van der Waals surface area contributed by atoms with Crippen molar-refractivity contribution in [1.29, 1.82) is 0 Å². The van der Waals surface area contributed by atoms with E-state index in [1.165, 1.54) is 22.3 Å². The molecule has 2 aliphatic rings. The molecule has 15 heavy (non-hydrogen) atoms. The minimum atomic E-state index is 1.04. The van der Waals surface area contributed by atoms with Crippen LogP contribution in [0.4, 0.5) is 0 Å². The molecular weight excluding hydrogens is 180 g/mol. The van der Waals surface area contributed by atoms with Gasteiger partial charge in [0.1, 0.15) is 0 Å². The van der Waals surface area contributed by atoms with Crippen LogP contribution in [-0.4, -0.2) is 0 Å². The standard InChI is InChI=1S/C15H12/c1-2-6-12-8-4-10-14-11-5-9-13(7-3-1)15(12)14/h1-8,10-11H,9H2. The largest absolute Gasteiger partial charge is 0.0795 e. The van der Waals surface area contributed by atoms with E-state index < -0.39 is 0 Å². The monoisotopic (exact) mass is 192 g/mol. The molecule has 0 saturated heterocycles. The first-order valence-corrected chi connectivity index (χ1v) is 5.29. The van der Waals surface area contributed by atoms with Crippen LogP contribution in [0, 0.1) is 0 Å². The average molecular weight is 192 g/mol. The summed E-state index contributed by atoms with van der Waals surface area (Å²) in [6.45, 7) is 0. The Bertz CT molecular complexity index is 511. The molecule has 0 heterocycles. The molecule has 0 spiro atoms. The van der Waals surface area contributed by atoms with Crippen molar-refractivity contribution in [3.63, 3.8) is 0 Å². The SMILES string of the molecule is C1=CC=C2CC=Cc3cccc(c32)C=C1. The van der Waals surface area contributed by atoms with E-state index in [0.717, 1.165) is 6.42 Å². The topological polar surface area (TPSA) is 0 Å². The quantitative estimate of drug-likeness (QED) is 0.581. The summed E-state index contributed by atoms with van der Waals surface area (Å²) in [6, 6.07) is 6.49. The van der Waals surface area contributed by atoms with Crippen molar-refractivity contribution in [2.75, 3.05) is 0 Å². The highest BCUT2D eigenvalue weighted by molar-refractivity contribution is 5.85. The van der Waals surface area contributed by atoms with E-state index in [1.807, 2.05) is 0 Å². The highest BCUT2D eigenvalue weighted by atomic mass is 14.2. The molecule has 0 unspecified atom stereocenters. The smallest absolute Gasteiger partial charge is 0.00763 e. The van der Waals surface area contributed by atoms with E-state index in [1.54, 1.807) is 0 Å². The second kappa shape index (κ2) is 3.39. The van der Waals surface area contributed by atoms with Gasteiger partial charge in [-0.25, -0.2) is 0 Å². The Morgan fingerprint density at radius 1 is 0.867 bits per heavy atom. The maximum atomic E-state index is 2.23. The fraction of sp³-hybridized carbons (Fsp3) is 0.0667. The maximum Gasteiger partial charge on any atom is -0.00763 e. The van der Waals surface area contributed by atoms with Gasteiger partial charge < -0.3 is 0 Å². The van der Waals surface area contributed by atoms with Crippen molar-refractivity contribution in [2.45, 2.75) is 6.42 Å². The van der Waals surface area contributed by atoms with Crippen LogP contribution in [0.3, 0.4) is 0 Å². The first-order chi connectivity index (χ1) is 7.45. The van der Waals surface area contributed by atoms with Crippen molar-refractivity contribution in [3.8, 4) is 0 Å². The van der Waals surface area contributed by atoms with Gasteiger partial charge >= 0.3 is 0 Å². The normalized spacial score (nSPS) is 16.7. The van der Waals surface area contributed by atoms with Crippen molar-refractivity contribution in [3.05, 3.63) is 65.3 Å². The number of allylic oxidation sites excluding steroid dienone is 6. The predicted molar refractivity (Wildman–Crippen MR) is 66.2 cm³/mol. The molecular formula is C15H12. The lowest BCUT2D eigenvalue weighted by molar-refractivity contribution is 1.34. The molecule has 0 N–H and O–H groups in total. The van der Waals surface area contributed by atoms with Gasteiger partial charge in [-0.2, -0.15) is 0 Å². The molecule has 0 bridgehead atoms. The summed E-state index contributed by atoms with van der Waals surface area (Å²) in [6.07, 6.45) is 16.2. The molecule has 0 saturated carbocycles. The average Bonchev–Trinajstić information content (AvgIpc) is 2.25. The molecule has 0 fully saturated rings. The van der Waals surface area contributed by atoms with E-state index in [0.29, 0.717) is 0 Å². The molecule has 1 aromatic carbocycles. The molecule has 0 nitrogen and oxygen atoms in total. The number of hydrogen-bond acceptors (Lipinski definition) is 0. The predicted octanol–water partition coefficient (Wildman–Crippen LogP) is 4.07. The summed E-state index contributed by atoms with van der Waals surface area (Å²) in [5.74, 6) is 0. The van der Waals surface area contributed by atoms with E-state index >= 15 is 0 Å². The zero-order valence-corrected chi connectivity index (χ0v) is 8.48. The van der Waals surface area contributed by atoms with E-state index in [9.17, 15) is 0 Å². The summed E-state index contributed by atoms with van der Waals surface area (Å²) in [4.78, 5) is 0. The molecule has 72 valence electrons. The van der Waals surface area contributed by atoms with Crippen molar-refractivity contribution < 1.29 is 0 Å². The van der Waals surface area contributed by atoms with Gasteiger partial charge in [0.25, 0.3) is 0 Å². The van der Waals surface area contributed by atoms with Crippen LogP contribution < -0.4 is 0 Å². The molecule has 0 atom stereocenters. The van der Waals surface area contributed by atoms with Crippen LogP contribution in [0.5, 0.6) is 0 Å². The van der Waals surface area contributed by atoms with E-state index in [2.05, 4.69) is 60.7 Å². The second-order valence-electron chi connectivity index (χ2n) is 3.85. The first-order valence-electron chi connectivity index (χ1n) is 5.29. The first kappa shape index (κ1) is 8.49. The maximum absolute atomic E-state index is 2.23. The zero-order valence-electron chi connectivity index (χ0n) is 8.48. The van der Waals surface area contributed by atoms with Gasteiger partial charge in [0.15, 0.2) is 0 Å². The number of rotatable bonds is 0. The zero-order chi connectivity index (χ0) is 10.1. The van der Waals surface area contributed by atoms with Crippen LogP contribution in [0.1, 0.15) is 23.1 Å². The lowest BCUT2D eigenvalue weighted by atomic mass is 9.87. The molecule has 2 aliphatic carbocycles. The fourth-order valence-electron chi connectivity index (χ4n) is 2.20. The molecule has 0 heteroatoms. The highest BCUT2D eigenvalue weighted by Gasteiger charge is 2.12. The Morgan fingerprint density at radius 2 is 1.73 bits per heavy atom.